The van der Waals surface area contributed by atoms with E-state index >= 15 is 0 Å². The maximum Gasteiger partial charge on any atom is 0.240 e. The molecule has 164 valence electrons. The van der Waals surface area contributed by atoms with Gasteiger partial charge in [-0.05, 0) is 50.2 Å². The van der Waals surface area contributed by atoms with E-state index in [1.807, 2.05) is 40.1 Å². The van der Waals surface area contributed by atoms with Crippen molar-refractivity contribution in [2.75, 3.05) is 58.8 Å². The van der Waals surface area contributed by atoms with E-state index in [2.05, 4.69) is 50.7 Å². The third-order valence-corrected chi connectivity index (χ3v) is 7.44. The van der Waals surface area contributed by atoms with Gasteiger partial charge in [0.1, 0.15) is 0 Å². The molecule has 0 amide bonds. The van der Waals surface area contributed by atoms with E-state index in [0.717, 1.165) is 48.6 Å². The highest BCUT2D eigenvalue weighted by Crippen LogP contribution is 2.25. The maximum absolute atomic E-state index is 13.0. The topological polar surface area (TPSA) is 55.9 Å². The quantitative estimate of drug-likeness (QED) is 0.732. The van der Waals surface area contributed by atoms with Crippen LogP contribution in [0.25, 0.3) is 0 Å². The summed E-state index contributed by atoms with van der Waals surface area (Å²) >= 11 is 0. The lowest BCUT2D eigenvalue weighted by atomic mass is 10.0. The van der Waals surface area contributed by atoms with Crippen molar-refractivity contribution < 1.29 is 8.42 Å². The number of hydrogen-bond donors (Lipinski definition) is 1. The Hall–Kier alpha value is -1.93. The van der Waals surface area contributed by atoms with Crippen LogP contribution >= 0.6 is 0 Å². The molecule has 1 heterocycles. The Labute approximate surface area is 181 Å². The summed E-state index contributed by atoms with van der Waals surface area (Å²) in [5.74, 6) is 0. The van der Waals surface area contributed by atoms with Crippen molar-refractivity contribution >= 4 is 15.7 Å². The Kier molecular flexibility index (Phi) is 7.18. The van der Waals surface area contributed by atoms with Crippen LogP contribution in [0.1, 0.15) is 22.7 Å². The molecule has 0 bridgehead atoms. The summed E-state index contributed by atoms with van der Waals surface area (Å²) < 4.78 is 29.0. The molecule has 6 nitrogen and oxygen atoms in total. The molecule has 3 rings (SSSR count). The first-order valence-electron chi connectivity index (χ1n) is 10.4. The molecule has 0 aromatic heterocycles. The van der Waals surface area contributed by atoms with E-state index in [1.165, 1.54) is 0 Å². The Morgan fingerprint density at radius 3 is 2.20 bits per heavy atom. The second-order valence-corrected chi connectivity index (χ2v) is 10.2. The molecule has 1 unspecified atom stereocenters. The molecule has 1 saturated heterocycles. The zero-order valence-electron chi connectivity index (χ0n) is 18.7. The van der Waals surface area contributed by atoms with Crippen LogP contribution in [0.5, 0.6) is 0 Å². The van der Waals surface area contributed by atoms with Gasteiger partial charge < -0.3 is 9.80 Å². The summed E-state index contributed by atoms with van der Waals surface area (Å²) in [5.41, 5.74) is 4.09. The molecule has 2 aromatic carbocycles. The molecule has 1 N–H and O–H groups in total. The first kappa shape index (κ1) is 22.7. The monoisotopic (exact) mass is 430 g/mol. The molecule has 7 heteroatoms. The summed E-state index contributed by atoms with van der Waals surface area (Å²) in [6.45, 7) is 7.97. The van der Waals surface area contributed by atoms with Gasteiger partial charge in [0.15, 0.2) is 0 Å². The molecule has 1 atom stereocenters. The Morgan fingerprint density at radius 2 is 1.63 bits per heavy atom. The van der Waals surface area contributed by atoms with Crippen molar-refractivity contribution in [3.05, 3.63) is 59.2 Å². The van der Waals surface area contributed by atoms with E-state index < -0.39 is 10.0 Å². The van der Waals surface area contributed by atoms with Gasteiger partial charge in [-0.25, -0.2) is 13.1 Å². The number of anilines is 1. The van der Waals surface area contributed by atoms with Crippen molar-refractivity contribution in [2.24, 2.45) is 0 Å². The van der Waals surface area contributed by atoms with Gasteiger partial charge in [0.2, 0.25) is 10.0 Å². The van der Waals surface area contributed by atoms with Gasteiger partial charge in [-0.2, -0.15) is 0 Å². The maximum atomic E-state index is 13.0. The average Bonchev–Trinajstić information content (AvgIpc) is 2.69. The minimum absolute atomic E-state index is 0.00422. The molecule has 2 aromatic rings. The van der Waals surface area contributed by atoms with Gasteiger partial charge in [0, 0.05) is 58.5 Å². The number of nitrogens with one attached hydrogen (secondary N) is 1. The fourth-order valence-corrected chi connectivity index (χ4v) is 5.22. The number of piperazine rings is 1. The van der Waals surface area contributed by atoms with Crippen LogP contribution in [-0.4, -0.2) is 72.1 Å². The van der Waals surface area contributed by atoms with Crippen LogP contribution < -0.4 is 9.62 Å². The summed E-state index contributed by atoms with van der Waals surface area (Å²) in [6.07, 6.45) is 0. The SMILES string of the molecule is Cc1ccc(S(=O)(=O)NCC(c2ccc(N(C)C)cc2)N2CCN(C)CC2)c(C)c1. The number of aryl methyl sites for hydroxylation is 2. The lowest BCUT2D eigenvalue weighted by Crippen LogP contribution is -2.48. The van der Waals surface area contributed by atoms with Crippen molar-refractivity contribution in [2.45, 2.75) is 24.8 Å². The van der Waals surface area contributed by atoms with E-state index in [1.54, 1.807) is 6.07 Å². The van der Waals surface area contributed by atoms with Crippen LogP contribution in [0.4, 0.5) is 5.69 Å². The average molecular weight is 431 g/mol. The normalized spacial score (nSPS) is 17.1. The van der Waals surface area contributed by atoms with Crippen LogP contribution in [0, 0.1) is 13.8 Å². The molecular weight excluding hydrogens is 396 g/mol. The van der Waals surface area contributed by atoms with Gasteiger partial charge in [-0.1, -0.05) is 29.8 Å². The summed E-state index contributed by atoms with van der Waals surface area (Å²) in [4.78, 5) is 7.11. The number of benzene rings is 2. The van der Waals surface area contributed by atoms with Crippen molar-refractivity contribution in [1.82, 2.24) is 14.5 Å². The molecule has 0 radical (unpaired) electrons. The highest BCUT2D eigenvalue weighted by atomic mass is 32.2. The van der Waals surface area contributed by atoms with Gasteiger partial charge in [-0.3, -0.25) is 4.90 Å². The first-order valence-corrected chi connectivity index (χ1v) is 11.9. The summed E-state index contributed by atoms with van der Waals surface area (Å²) in [6, 6.07) is 13.9. The van der Waals surface area contributed by atoms with Gasteiger partial charge in [0.05, 0.1) is 4.90 Å². The second-order valence-electron chi connectivity index (χ2n) is 8.46. The van der Waals surface area contributed by atoms with Gasteiger partial charge in [0.25, 0.3) is 0 Å². The third kappa shape index (κ3) is 5.40. The third-order valence-electron chi connectivity index (χ3n) is 5.86. The number of nitrogens with zero attached hydrogens (tertiary/aromatic N) is 3. The van der Waals surface area contributed by atoms with E-state index in [9.17, 15) is 8.42 Å². The Morgan fingerprint density at radius 1 is 1.00 bits per heavy atom. The van der Waals surface area contributed by atoms with E-state index in [-0.39, 0.29) is 6.04 Å². The molecule has 1 fully saturated rings. The lowest BCUT2D eigenvalue weighted by Gasteiger charge is -2.38. The molecule has 0 aliphatic carbocycles. The van der Waals surface area contributed by atoms with Crippen LogP contribution in [0.2, 0.25) is 0 Å². The van der Waals surface area contributed by atoms with Gasteiger partial charge in [-0.15, -0.1) is 0 Å². The zero-order valence-corrected chi connectivity index (χ0v) is 19.5. The number of rotatable bonds is 7. The summed E-state index contributed by atoms with van der Waals surface area (Å²) in [7, 11) is 2.59. The smallest absolute Gasteiger partial charge is 0.240 e. The highest BCUT2D eigenvalue weighted by molar-refractivity contribution is 7.89. The zero-order chi connectivity index (χ0) is 21.9. The molecule has 1 aliphatic rings. The minimum Gasteiger partial charge on any atom is -0.378 e. The Bertz CT molecular complexity index is 950. The molecule has 0 saturated carbocycles. The number of likely N-dealkylation sites (N-methyl/N-ethyl adjacent to an activating group) is 1. The fourth-order valence-electron chi connectivity index (χ4n) is 3.95. The highest BCUT2D eigenvalue weighted by Gasteiger charge is 2.26. The van der Waals surface area contributed by atoms with Crippen molar-refractivity contribution in [1.29, 1.82) is 0 Å². The van der Waals surface area contributed by atoms with E-state index in [4.69, 9.17) is 0 Å². The molecular formula is C23H34N4O2S. The lowest BCUT2D eigenvalue weighted by molar-refractivity contribution is 0.113. The van der Waals surface area contributed by atoms with Crippen LogP contribution in [0.3, 0.4) is 0 Å². The fraction of sp³-hybridized carbons (Fsp3) is 0.478. The number of sulfonamides is 1. The summed E-state index contributed by atoms with van der Waals surface area (Å²) in [5, 5.41) is 0. The standard InChI is InChI=1S/C23H34N4O2S/c1-18-6-11-23(19(2)16-18)30(28,29)24-17-22(27-14-12-26(5)13-15-27)20-7-9-21(10-8-20)25(3)4/h6-11,16,22,24H,12-15,17H2,1-5H3. The first-order chi connectivity index (χ1) is 14.2. The predicted molar refractivity (Wildman–Crippen MR) is 124 cm³/mol. The van der Waals surface area contributed by atoms with Crippen LogP contribution in [-0.2, 0) is 10.0 Å². The van der Waals surface area contributed by atoms with Crippen LogP contribution in [0.15, 0.2) is 47.4 Å². The Balaban J connectivity index is 1.83. The molecule has 0 spiro atoms. The van der Waals surface area contributed by atoms with Gasteiger partial charge >= 0.3 is 0 Å². The van der Waals surface area contributed by atoms with Crippen molar-refractivity contribution in [3.63, 3.8) is 0 Å². The molecule has 30 heavy (non-hydrogen) atoms. The second kappa shape index (κ2) is 9.47. The van der Waals surface area contributed by atoms with Crippen molar-refractivity contribution in [3.8, 4) is 0 Å². The van der Waals surface area contributed by atoms with E-state index in [0.29, 0.717) is 11.4 Å². The number of hydrogen-bond acceptors (Lipinski definition) is 5. The molecule has 1 aliphatic heterocycles. The minimum atomic E-state index is -3.58. The largest absolute Gasteiger partial charge is 0.378 e. The predicted octanol–water partition coefficient (Wildman–Crippen LogP) is 2.64.